The molecule has 1 aromatic rings. The number of benzene rings is 1. The van der Waals surface area contributed by atoms with Crippen LogP contribution >= 0.6 is 0 Å². The summed E-state index contributed by atoms with van der Waals surface area (Å²) in [5.41, 5.74) is 8.72. The fraction of sp³-hybridized carbons (Fsp3) is 0.143. The van der Waals surface area contributed by atoms with E-state index in [1.165, 1.54) is 0 Å². The number of hydrogen-bond acceptors (Lipinski definition) is 2. The molecule has 1 rings (SSSR count). The SMILES string of the molecule is C=C/C=C\C(=C)CN(C)c1ccccc1N. The Morgan fingerprint density at radius 1 is 1.44 bits per heavy atom. The highest BCUT2D eigenvalue weighted by molar-refractivity contribution is 5.67. The predicted molar refractivity (Wildman–Crippen MR) is 72.6 cm³/mol. The Bertz CT molecular complexity index is 405. The van der Waals surface area contributed by atoms with Gasteiger partial charge in [0.1, 0.15) is 0 Å². The number of anilines is 2. The fourth-order valence-electron chi connectivity index (χ4n) is 1.48. The molecule has 1 aromatic carbocycles. The minimum absolute atomic E-state index is 0.749. The normalized spacial score (nSPS) is 10.3. The van der Waals surface area contributed by atoms with E-state index in [1.807, 2.05) is 43.5 Å². The molecule has 0 saturated carbocycles. The average Bonchev–Trinajstić information content (AvgIpc) is 2.26. The number of hydrogen-bond donors (Lipinski definition) is 1. The van der Waals surface area contributed by atoms with Gasteiger partial charge in [-0.15, -0.1) is 0 Å². The van der Waals surface area contributed by atoms with Crippen molar-refractivity contribution in [2.75, 3.05) is 24.2 Å². The van der Waals surface area contributed by atoms with E-state index in [-0.39, 0.29) is 0 Å². The summed E-state index contributed by atoms with van der Waals surface area (Å²) >= 11 is 0. The molecular formula is C14H18N2. The highest BCUT2D eigenvalue weighted by atomic mass is 15.1. The molecular weight excluding hydrogens is 196 g/mol. The topological polar surface area (TPSA) is 29.3 Å². The van der Waals surface area contributed by atoms with E-state index < -0.39 is 0 Å². The number of likely N-dealkylation sites (N-methyl/N-ethyl adjacent to an activating group) is 1. The third-order valence-corrected chi connectivity index (χ3v) is 2.26. The molecule has 0 spiro atoms. The van der Waals surface area contributed by atoms with Gasteiger partial charge in [0.05, 0.1) is 11.4 Å². The molecule has 2 nitrogen and oxygen atoms in total. The Morgan fingerprint density at radius 2 is 2.12 bits per heavy atom. The lowest BCUT2D eigenvalue weighted by Gasteiger charge is -2.21. The van der Waals surface area contributed by atoms with Crippen molar-refractivity contribution in [1.29, 1.82) is 0 Å². The predicted octanol–water partition coefficient (Wildman–Crippen LogP) is 3.00. The molecule has 0 aromatic heterocycles. The van der Waals surface area contributed by atoms with E-state index in [2.05, 4.69) is 18.1 Å². The van der Waals surface area contributed by atoms with Gasteiger partial charge in [-0.05, 0) is 17.7 Å². The monoisotopic (exact) mass is 214 g/mol. The van der Waals surface area contributed by atoms with Gasteiger partial charge in [-0.2, -0.15) is 0 Å². The van der Waals surface area contributed by atoms with Crippen molar-refractivity contribution < 1.29 is 0 Å². The third-order valence-electron chi connectivity index (χ3n) is 2.26. The first kappa shape index (κ1) is 12.1. The zero-order valence-electron chi connectivity index (χ0n) is 9.69. The van der Waals surface area contributed by atoms with Gasteiger partial charge in [0.15, 0.2) is 0 Å². The van der Waals surface area contributed by atoms with Gasteiger partial charge >= 0.3 is 0 Å². The molecule has 0 aliphatic rings. The molecule has 2 N–H and O–H groups in total. The molecule has 2 heteroatoms. The Hall–Kier alpha value is -1.96. The van der Waals surface area contributed by atoms with Crippen LogP contribution in [0.5, 0.6) is 0 Å². The molecule has 0 aliphatic heterocycles. The Morgan fingerprint density at radius 3 is 2.75 bits per heavy atom. The number of allylic oxidation sites excluding steroid dienone is 2. The van der Waals surface area contributed by atoms with Crippen LogP contribution in [0.2, 0.25) is 0 Å². The lowest BCUT2D eigenvalue weighted by Crippen LogP contribution is -2.20. The Kier molecular flexibility index (Phi) is 4.40. The summed E-state index contributed by atoms with van der Waals surface area (Å²) < 4.78 is 0. The number of nitrogen functional groups attached to an aromatic ring is 1. The maximum Gasteiger partial charge on any atom is 0.0600 e. The van der Waals surface area contributed by atoms with Crippen LogP contribution in [0.3, 0.4) is 0 Å². The van der Waals surface area contributed by atoms with Crippen molar-refractivity contribution >= 4 is 11.4 Å². The summed E-state index contributed by atoms with van der Waals surface area (Å²) in [6.45, 7) is 8.34. The Balaban J connectivity index is 2.69. The largest absolute Gasteiger partial charge is 0.397 e. The summed E-state index contributed by atoms with van der Waals surface area (Å²) in [6, 6.07) is 7.80. The molecule has 0 saturated heterocycles. The van der Waals surface area contributed by atoms with Crippen LogP contribution < -0.4 is 10.6 Å². The number of rotatable bonds is 5. The second-order valence-electron chi connectivity index (χ2n) is 3.67. The molecule has 0 aliphatic carbocycles. The second kappa shape index (κ2) is 5.81. The maximum absolute atomic E-state index is 5.89. The first-order chi connectivity index (χ1) is 7.65. The summed E-state index contributed by atoms with van der Waals surface area (Å²) in [5.74, 6) is 0. The molecule has 16 heavy (non-hydrogen) atoms. The van der Waals surface area contributed by atoms with Crippen molar-refractivity contribution in [3.8, 4) is 0 Å². The summed E-state index contributed by atoms with van der Waals surface area (Å²) in [5, 5.41) is 0. The van der Waals surface area contributed by atoms with E-state index in [1.54, 1.807) is 6.08 Å². The molecule has 0 amide bonds. The second-order valence-corrected chi connectivity index (χ2v) is 3.67. The van der Waals surface area contributed by atoms with Crippen LogP contribution in [0.25, 0.3) is 0 Å². The van der Waals surface area contributed by atoms with Crippen LogP contribution in [0.1, 0.15) is 0 Å². The van der Waals surface area contributed by atoms with Crippen LogP contribution in [0.4, 0.5) is 11.4 Å². The van der Waals surface area contributed by atoms with Crippen LogP contribution in [0, 0.1) is 0 Å². The Labute approximate surface area is 97.4 Å². The zero-order valence-corrected chi connectivity index (χ0v) is 9.69. The van der Waals surface area contributed by atoms with Gasteiger partial charge in [-0.3, -0.25) is 0 Å². The van der Waals surface area contributed by atoms with Gasteiger partial charge < -0.3 is 10.6 Å². The molecule has 0 radical (unpaired) electrons. The average molecular weight is 214 g/mol. The number of nitrogens with zero attached hydrogens (tertiary/aromatic N) is 1. The number of nitrogens with two attached hydrogens (primary N) is 1. The summed E-state index contributed by atoms with van der Waals surface area (Å²) in [4.78, 5) is 2.07. The quantitative estimate of drug-likeness (QED) is 0.603. The van der Waals surface area contributed by atoms with E-state index in [0.29, 0.717) is 0 Å². The highest BCUT2D eigenvalue weighted by Gasteiger charge is 2.03. The van der Waals surface area contributed by atoms with Crippen LogP contribution in [-0.2, 0) is 0 Å². The van der Waals surface area contributed by atoms with Crippen LogP contribution in [-0.4, -0.2) is 13.6 Å². The molecule has 0 bridgehead atoms. The molecule has 0 heterocycles. The summed E-state index contributed by atoms with van der Waals surface area (Å²) in [6.07, 6.45) is 5.56. The van der Waals surface area contributed by atoms with E-state index in [9.17, 15) is 0 Å². The van der Waals surface area contributed by atoms with E-state index in [0.717, 1.165) is 23.5 Å². The van der Waals surface area contributed by atoms with Crippen molar-refractivity contribution in [2.45, 2.75) is 0 Å². The zero-order chi connectivity index (χ0) is 12.0. The highest BCUT2D eigenvalue weighted by Crippen LogP contribution is 2.21. The lowest BCUT2D eigenvalue weighted by atomic mass is 10.2. The van der Waals surface area contributed by atoms with Gasteiger partial charge in [0, 0.05) is 13.6 Å². The van der Waals surface area contributed by atoms with Crippen molar-refractivity contribution in [2.24, 2.45) is 0 Å². The van der Waals surface area contributed by atoms with E-state index in [4.69, 9.17) is 5.73 Å². The standard InChI is InChI=1S/C14H18N2/c1-4-5-8-12(2)11-16(3)14-10-7-6-9-13(14)15/h4-10H,1-2,11,15H2,3H3/b8-5-. The first-order valence-corrected chi connectivity index (χ1v) is 5.17. The van der Waals surface area contributed by atoms with Gasteiger partial charge in [0.2, 0.25) is 0 Å². The number of para-hydroxylation sites is 2. The molecule has 0 atom stereocenters. The maximum atomic E-state index is 5.89. The fourth-order valence-corrected chi connectivity index (χ4v) is 1.48. The van der Waals surface area contributed by atoms with Gasteiger partial charge in [-0.25, -0.2) is 0 Å². The van der Waals surface area contributed by atoms with Crippen molar-refractivity contribution in [3.05, 3.63) is 61.2 Å². The van der Waals surface area contributed by atoms with Gasteiger partial charge in [-0.1, -0.05) is 43.5 Å². The minimum atomic E-state index is 0.749. The van der Waals surface area contributed by atoms with Crippen molar-refractivity contribution in [3.63, 3.8) is 0 Å². The molecule has 84 valence electrons. The molecule has 0 unspecified atom stereocenters. The molecule has 0 fully saturated rings. The lowest BCUT2D eigenvalue weighted by molar-refractivity contribution is 1.01. The third kappa shape index (κ3) is 3.31. The van der Waals surface area contributed by atoms with Crippen molar-refractivity contribution in [1.82, 2.24) is 0 Å². The van der Waals surface area contributed by atoms with Crippen LogP contribution in [0.15, 0.2) is 61.2 Å². The van der Waals surface area contributed by atoms with Gasteiger partial charge in [0.25, 0.3) is 0 Å². The smallest absolute Gasteiger partial charge is 0.0600 e. The van der Waals surface area contributed by atoms with E-state index >= 15 is 0 Å². The summed E-state index contributed by atoms with van der Waals surface area (Å²) in [7, 11) is 2.00. The first-order valence-electron chi connectivity index (χ1n) is 5.17. The minimum Gasteiger partial charge on any atom is -0.397 e.